The van der Waals surface area contributed by atoms with Gasteiger partial charge in [0.05, 0.1) is 26.9 Å². The van der Waals surface area contributed by atoms with Crippen LogP contribution in [-0.2, 0) is 4.84 Å². The largest absolute Gasteiger partial charge is 0.496 e. The smallest absolute Gasteiger partial charge is 0.347 e. The first-order valence-corrected chi connectivity index (χ1v) is 12.5. The average molecular weight is 554 g/mol. The number of nitrogen functional groups attached to an aromatic ring is 1. The van der Waals surface area contributed by atoms with E-state index in [9.17, 15) is 13.6 Å². The van der Waals surface area contributed by atoms with Gasteiger partial charge in [-0.2, -0.15) is 5.48 Å². The van der Waals surface area contributed by atoms with E-state index in [1.165, 1.54) is 25.8 Å². The molecule has 0 spiro atoms. The first-order valence-electron chi connectivity index (χ1n) is 12.5. The first-order chi connectivity index (χ1) is 19.3. The van der Waals surface area contributed by atoms with Gasteiger partial charge in [0.2, 0.25) is 0 Å². The minimum Gasteiger partial charge on any atom is -0.496 e. The molecule has 0 saturated carbocycles. The van der Waals surface area contributed by atoms with E-state index in [0.717, 1.165) is 29.2 Å². The van der Waals surface area contributed by atoms with Crippen LogP contribution in [0.15, 0.2) is 72.8 Å². The third-order valence-electron chi connectivity index (χ3n) is 5.70. The Labute approximate surface area is 231 Å². The standard InChI is InChI=1S/C28H25F2N3O5.C2H6/c1-35-25-13-19(32-24-11-6-17(31)12-26(24)36-2)9-10-21(25)28(34)38-20-14-22(29)27(23(30)15-20)16-4-7-18(8-5-16)33-37-3;1-2/h4-15,32-33H,31H2,1-3H3;1-2H3/p+2. The molecule has 0 saturated heterocycles. The molecular weight excluding hydrogens is 520 g/mol. The third-order valence-corrected chi connectivity index (χ3v) is 5.70. The summed E-state index contributed by atoms with van der Waals surface area (Å²) in [7, 11) is 4.46. The van der Waals surface area contributed by atoms with Crippen LogP contribution in [0.2, 0.25) is 0 Å². The van der Waals surface area contributed by atoms with Crippen molar-refractivity contribution in [3.05, 3.63) is 90.0 Å². The monoisotopic (exact) mass is 553 g/mol. The fourth-order valence-corrected chi connectivity index (χ4v) is 3.90. The number of ether oxygens (including phenoxy) is 3. The Balaban J connectivity index is 0.00000216. The van der Waals surface area contributed by atoms with E-state index in [1.54, 1.807) is 55.6 Å². The molecule has 0 aliphatic rings. The number of carbonyl (C=O) groups is 1. The number of hydrogen-bond donors (Lipinski definition) is 3. The summed E-state index contributed by atoms with van der Waals surface area (Å²) in [5.74, 6) is -2.03. The van der Waals surface area contributed by atoms with E-state index < -0.39 is 17.6 Å². The Kier molecular flexibility index (Phi) is 10.5. The van der Waals surface area contributed by atoms with Crippen LogP contribution < -0.4 is 30.7 Å². The van der Waals surface area contributed by atoms with Gasteiger partial charge in [0.1, 0.15) is 34.4 Å². The van der Waals surface area contributed by atoms with Crippen LogP contribution in [0.1, 0.15) is 24.2 Å². The van der Waals surface area contributed by atoms with Gasteiger partial charge in [0.25, 0.3) is 0 Å². The van der Waals surface area contributed by atoms with Crippen molar-refractivity contribution in [1.82, 2.24) is 0 Å². The minimum absolute atomic E-state index is 0.0868. The van der Waals surface area contributed by atoms with Crippen molar-refractivity contribution in [2.75, 3.05) is 27.1 Å². The van der Waals surface area contributed by atoms with E-state index in [4.69, 9.17) is 24.8 Å². The summed E-state index contributed by atoms with van der Waals surface area (Å²) >= 11 is 0. The van der Waals surface area contributed by atoms with Gasteiger partial charge in [-0.3, -0.25) is 5.32 Å². The predicted molar refractivity (Wildman–Crippen MR) is 148 cm³/mol. The molecular formula is C30H33F2N3O5+2. The Hall–Kier alpha value is -4.51. The van der Waals surface area contributed by atoms with Crippen molar-refractivity contribution in [3.8, 4) is 28.4 Å². The normalized spacial score (nSPS) is 10.4. The maximum Gasteiger partial charge on any atom is 0.347 e. The van der Waals surface area contributed by atoms with Crippen molar-refractivity contribution in [3.63, 3.8) is 0 Å². The maximum atomic E-state index is 14.9. The molecule has 10 heteroatoms. The highest BCUT2D eigenvalue weighted by atomic mass is 19.1. The zero-order valence-corrected chi connectivity index (χ0v) is 23.0. The lowest BCUT2D eigenvalue weighted by molar-refractivity contribution is -0.830. The highest BCUT2D eigenvalue weighted by Crippen LogP contribution is 2.31. The van der Waals surface area contributed by atoms with Gasteiger partial charge in [-0.15, -0.1) is 0 Å². The molecule has 0 aromatic heterocycles. The van der Waals surface area contributed by atoms with Crippen LogP contribution >= 0.6 is 0 Å². The van der Waals surface area contributed by atoms with Crippen LogP contribution in [0, 0.1) is 11.6 Å². The van der Waals surface area contributed by atoms with Crippen LogP contribution in [0.3, 0.4) is 0 Å². The van der Waals surface area contributed by atoms with Crippen molar-refractivity contribution >= 4 is 28.7 Å². The minimum atomic E-state index is -0.870. The molecule has 0 bridgehead atoms. The molecule has 0 fully saturated rings. The van der Waals surface area contributed by atoms with Gasteiger partial charge >= 0.3 is 5.97 Å². The van der Waals surface area contributed by atoms with E-state index in [-0.39, 0.29) is 22.6 Å². The molecule has 4 aromatic carbocycles. The van der Waals surface area contributed by atoms with Crippen LogP contribution in [0.4, 0.5) is 31.5 Å². The number of benzene rings is 4. The summed E-state index contributed by atoms with van der Waals surface area (Å²) in [6.45, 7) is 4.00. The van der Waals surface area contributed by atoms with Gasteiger partial charge in [-0.05, 0) is 29.8 Å². The number of methoxy groups -OCH3 is 2. The Bertz CT molecular complexity index is 1440. The second-order valence-electron chi connectivity index (χ2n) is 8.23. The van der Waals surface area contributed by atoms with Gasteiger partial charge in [0, 0.05) is 54.2 Å². The molecule has 8 nitrogen and oxygen atoms in total. The Morgan fingerprint density at radius 2 is 1.40 bits per heavy atom. The lowest BCUT2D eigenvalue weighted by atomic mass is 10.0. The molecule has 0 unspecified atom stereocenters. The number of rotatable bonds is 9. The van der Waals surface area contributed by atoms with Gasteiger partial charge in [-0.25, -0.2) is 18.4 Å². The van der Waals surface area contributed by atoms with Crippen molar-refractivity contribution in [2.24, 2.45) is 0 Å². The van der Waals surface area contributed by atoms with Crippen molar-refractivity contribution < 1.29 is 43.4 Å². The zero-order chi connectivity index (χ0) is 29.2. The molecule has 210 valence electrons. The van der Waals surface area contributed by atoms with Crippen LogP contribution in [0.5, 0.6) is 17.2 Å². The van der Waals surface area contributed by atoms with Crippen LogP contribution in [0.25, 0.3) is 11.1 Å². The zero-order valence-electron chi connectivity index (χ0n) is 23.0. The number of nitrogens with two attached hydrogens (primary N) is 3. The summed E-state index contributed by atoms with van der Waals surface area (Å²) in [4.78, 5) is 17.8. The van der Waals surface area contributed by atoms with E-state index in [0.29, 0.717) is 17.0 Å². The molecule has 0 radical (unpaired) electrons. The SMILES string of the molecule is CC.CO[NH2+]c1ccc(-c2c(F)cc(OC(=O)c3ccc([NH2+]c4ccc(N)cc4OC)cc3OC)cc2F)cc1. The highest BCUT2D eigenvalue weighted by molar-refractivity contribution is 5.94. The lowest BCUT2D eigenvalue weighted by Crippen LogP contribution is -2.75. The second kappa shape index (κ2) is 14.0. The number of halogens is 2. The summed E-state index contributed by atoms with van der Waals surface area (Å²) in [6.07, 6.45) is 0. The molecule has 0 heterocycles. The van der Waals surface area contributed by atoms with E-state index in [2.05, 4.69) is 0 Å². The summed E-state index contributed by atoms with van der Waals surface area (Å²) in [5.41, 5.74) is 10.3. The summed E-state index contributed by atoms with van der Waals surface area (Å²) in [5, 5.41) is 1.83. The molecule has 40 heavy (non-hydrogen) atoms. The van der Waals surface area contributed by atoms with Gasteiger partial charge in [-0.1, -0.05) is 13.8 Å². The molecule has 4 aromatic rings. The molecule has 4 rings (SSSR count). The van der Waals surface area contributed by atoms with Gasteiger partial charge < -0.3 is 19.9 Å². The Morgan fingerprint density at radius 1 is 0.775 bits per heavy atom. The maximum absolute atomic E-state index is 14.9. The van der Waals surface area contributed by atoms with E-state index in [1.807, 2.05) is 25.2 Å². The fourth-order valence-electron chi connectivity index (χ4n) is 3.90. The predicted octanol–water partition coefficient (Wildman–Crippen LogP) is 4.76. The van der Waals surface area contributed by atoms with Gasteiger partial charge in [0.15, 0.2) is 17.1 Å². The number of quaternary nitrogens is 2. The summed E-state index contributed by atoms with van der Waals surface area (Å²) in [6, 6.07) is 18.5. The molecule has 0 amide bonds. The number of anilines is 1. The van der Waals surface area contributed by atoms with E-state index >= 15 is 0 Å². The topological polar surface area (TPSA) is 113 Å². The number of carbonyl (C=O) groups excluding carboxylic acids is 1. The van der Waals surface area contributed by atoms with Crippen molar-refractivity contribution in [2.45, 2.75) is 13.8 Å². The number of esters is 1. The average Bonchev–Trinajstić information content (AvgIpc) is 2.95. The molecule has 6 N–H and O–H groups in total. The van der Waals surface area contributed by atoms with Crippen molar-refractivity contribution in [1.29, 1.82) is 0 Å². The third kappa shape index (κ3) is 7.11. The lowest BCUT2D eigenvalue weighted by Gasteiger charge is -2.12. The van der Waals surface area contributed by atoms with Crippen LogP contribution in [-0.4, -0.2) is 27.3 Å². The summed E-state index contributed by atoms with van der Waals surface area (Å²) < 4.78 is 45.8. The highest BCUT2D eigenvalue weighted by Gasteiger charge is 2.20. The fraction of sp³-hybridized carbons (Fsp3) is 0.167. The first kappa shape index (κ1) is 30.0. The molecule has 0 atom stereocenters. The quantitative estimate of drug-likeness (QED) is 0.119. The Morgan fingerprint density at radius 3 is 2.00 bits per heavy atom. The molecule has 0 aliphatic carbocycles. The molecule has 0 aliphatic heterocycles. The second-order valence-corrected chi connectivity index (χ2v) is 8.23. The number of hydrogen-bond acceptors (Lipinski definition) is 6.